The normalized spacial score (nSPS) is 10.8. The fourth-order valence-electron chi connectivity index (χ4n) is 2.07. The number of aryl methyl sites for hydroxylation is 1. The topological polar surface area (TPSA) is 83.8 Å². The molecule has 0 aliphatic heterocycles. The third kappa shape index (κ3) is 2.41. The SMILES string of the molecule is Cn1nccc1-c1nc(O)c(-c2ccc(Cl)cc2)c(=O)[nH]1. The first-order valence-electron chi connectivity index (χ1n) is 6.14. The summed E-state index contributed by atoms with van der Waals surface area (Å²) in [6, 6.07) is 8.28. The third-order valence-electron chi connectivity index (χ3n) is 3.10. The molecule has 21 heavy (non-hydrogen) atoms. The third-order valence-corrected chi connectivity index (χ3v) is 3.35. The summed E-state index contributed by atoms with van der Waals surface area (Å²) in [5.41, 5.74) is 0.825. The van der Waals surface area contributed by atoms with E-state index in [0.717, 1.165) is 0 Å². The maximum absolute atomic E-state index is 12.2. The van der Waals surface area contributed by atoms with Crippen molar-refractivity contribution in [2.75, 3.05) is 0 Å². The lowest BCUT2D eigenvalue weighted by Crippen LogP contribution is -2.13. The highest BCUT2D eigenvalue weighted by Gasteiger charge is 2.15. The van der Waals surface area contributed by atoms with Gasteiger partial charge in [0, 0.05) is 18.3 Å². The van der Waals surface area contributed by atoms with Crippen molar-refractivity contribution in [3.63, 3.8) is 0 Å². The number of benzene rings is 1. The zero-order valence-electron chi connectivity index (χ0n) is 11.0. The Bertz CT molecular complexity index is 852. The molecule has 1 aromatic carbocycles. The van der Waals surface area contributed by atoms with Crippen LogP contribution in [-0.4, -0.2) is 24.9 Å². The molecule has 0 spiro atoms. The molecule has 2 aromatic heterocycles. The molecule has 0 saturated carbocycles. The van der Waals surface area contributed by atoms with Crippen LogP contribution >= 0.6 is 11.6 Å². The van der Waals surface area contributed by atoms with Gasteiger partial charge in [0.15, 0.2) is 5.82 Å². The summed E-state index contributed by atoms with van der Waals surface area (Å²) in [6.45, 7) is 0. The summed E-state index contributed by atoms with van der Waals surface area (Å²) in [6.07, 6.45) is 1.58. The summed E-state index contributed by atoms with van der Waals surface area (Å²) in [7, 11) is 1.72. The van der Waals surface area contributed by atoms with E-state index < -0.39 is 5.56 Å². The Hall–Kier alpha value is -2.60. The number of hydrogen-bond acceptors (Lipinski definition) is 4. The van der Waals surface area contributed by atoms with Crippen molar-refractivity contribution in [3.8, 4) is 28.5 Å². The first kappa shape index (κ1) is 13.4. The van der Waals surface area contributed by atoms with Gasteiger partial charge in [0.2, 0.25) is 5.88 Å². The van der Waals surface area contributed by atoms with Crippen LogP contribution in [0.4, 0.5) is 0 Å². The number of rotatable bonds is 2. The Kier molecular flexibility index (Phi) is 3.23. The van der Waals surface area contributed by atoms with Crippen molar-refractivity contribution in [1.82, 2.24) is 19.7 Å². The zero-order chi connectivity index (χ0) is 15.0. The molecule has 0 bridgehead atoms. The van der Waals surface area contributed by atoms with Crippen molar-refractivity contribution in [2.24, 2.45) is 7.05 Å². The molecule has 3 rings (SSSR count). The average Bonchev–Trinajstić information content (AvgIpc) is 2.86. The minimum Gasteiger partial charge on any atom is -0.493 e. The van der Waals surface area contributed by atoms with Gasteiger partial charge in [-0.25, -0.2) is 0 Å². The van der Waals surface area contributed by atoms with Gasteiger partial charge in [-0.2, -0.15) is 10.1 Å². The van der Waals surface area contributed by atoms with Crippen LogP contribution in [0.5, 0.6) is 5.88 Å². The number of aromatic amines is 1. The molecule has 0 unspecified atom stereocenters. The minimum absolute atomic E-state index is 0.109. The quantitative estimate of drug-likeness (QED) is 0.760. The van der Waals surface area contributed by atoms with Crippen LogP contribution in [0.3, 0.4) is 0 Å². The average molecular weight is 303 g/mol. The number of aromatic hydroxyl groups is 1. The van der Waals surface area contributed by atoms with Gasteiger partial charge in [0.25, 0.3) is 5.56 Å². The highest BCUT2D eigenvalue weighted by molar-refractivity contribution is 6.30. The van der Waals surface area contributed by atoms with Gasteiger partial charge in [-0.05, 0) is 23.8 Å². The molecule has 3 aromatic rings. The molecule has 2 N–H and O–H groups in total. The van der Waals surface area contributed by atoms with Crippen LogP contribution in [-0.2, 0) is 7.05 Å². The van der Waals surface area contributed by atoms with Crippen LogP contribution in [0.2, 0.25) is 5.02 Å². The number of H-pyrrole nitrogens is 1. The van der Waals surface area contributed by atoms with Gasteiger partial charge in [-0.1, -0.05) is 23.7 Å². The van der Waals surface area contributed by atoms with E-state index in [0.29, 0.717) is 16.3 Å². The van der Waals surface area contributed by atoms with E-state index in [-0.39, 0.29) is 17.3 Å². The molecule has 0 aliphatic rings. The van der Waals surface area contributed by atoms with E-state index in [1.165, 1.54) is 0 Å². The van der Waals surface area contributed by atoms with E-state index >= 15 is 0 Å². The van der Waals surface area contributed by atoms with Crippen LogP contribution in [0.25, 0.3) is 22.6 Å². The molecule has 106 valence electrons. The lowest BCUT2D eigenvalue weighted by molar-refractivity contribution is 0.454. The van der Waals surface area contributed by atoms with Gasteiger partial charge < -0.3 is 10.1 Å². The summed E-state index contributed by atoms with van der Waals surface area (Å²) in [4.78, 5) is 18.9. The van der Waals surface area contributed by atoms with Crippen LogP contribution in [0.1, 0.15) is 0 Å². The number of aromatic nitrogens is 4. The second kappa shape index (κ2) is 5.06. The predicted molar refractivity (Wildman–Crippen MR) is 79.2 cm³/mol. The Balaban J connectivity index is 2.15. The molecular weight excluding hydrogens is 292 g/mol. The van der Waals surface area contributed by atoms with Crippen LogP contribution < -0.4 is 5.56 Å². The number of nitrogens with zero attached hydrogens (tertiary/aromatic N) is 3. The van der Waals surface area contributed by atoms with E-state index in [1.807, 2.05) is 0 Å². The molecule has 0 fully saturated rings. The molecule has 0 aliphatic carbocycles. The molecule has 6 nitrogen and oxygen atoms in total. The lowest BCUT2D eigenvalue weighted by atomic mass is 10.1. The van der Waals surface area contributed by atoms with E-state index in [4.69, 9.17) is 11.6 Å². The van der Waals surface area contributed by atoms with E-state index in [9.17, 15) is 9.90 Å². The van der Waals surface area contributed by atoms with Crippen molar-refractivity contribution in [1.29, 1.82) is 0 Å². The number of hydrogen-bond donors (Lipinski definition) is 2. The highest BCUT2D eigenvalue weighted by atomic mass is 35.5. The van der Waals surface area contributed by atoms with E-state index in [1.54, 1.807) is 48.3 Å². The largest absolute Gasteiger partial charge is 0.493 e. The summed E-state index contributed by atoms with van der Waals surface area (Å²) in [5.74, 6) is -0.0764. The fraction of sp³-hybridized carbons (Fsp3) is 0.0714. The molecular formula is C14H11ClN4O2. The van der Waals surface area contributed by atoms with Crippen LogP contribution in [0, 0.1) is 0 Å². The van der Waals surface area contributed by atoms with Crippen molar-refractivity contribution in [3.05, 3.63) is 51.9 Å². The highest BCUT2D eigenvalue weighted by Crippen LogP contribution is 2.26. The smallest absolute Gasteiger partial charge is 0.262 e. The standard InChI is InChI=1S/C14H11ClN4O2/c1-19-10(6-7-16-19)12-17-13(20)11(14(21)18-12)8-2-4-9(15)5-3-8/h2-7H,1H3,(H2,17,18,20,21). The Morgan fingerprint density at radius 2 is 1.95 bits per heavy atom. The Labute approximate surface area is 124 Å². The zero-order valence-corrected chi connectivity index (χ0v) is 11.8. The maximum atomic E-state index is 12.2. The molecule has 0 saturated heterocycles. The Morgan fingerprint density at radius 1 is 1.24 bits per heavy atom. The van der Waals surface area contributed by atoms with Crippen molar-refractivity contribution < 1.29 is 5.11 Å². The monoisotopic (exact) mass is 302 g/mol. The van der Waals surface area contributed by atoms with Gasteiger partial charge in [0.1, 0.15) is 11.3 Å². The molecule has 7 heteroatoms. The van der Waals surface area contributed by atoms with Gasteiger partial charge in [0.05, 0.1) is 0 Å². The van der Waals surface area contributed by atoms with Gasteiger partial charge in [-0.3, -0.25) is 9.48 Å². The summed E-state index contributed by atoms with van der Waals surface area (Å²) in [5, 5.41) is 14.6. The van der Waals surface area contributed by atoms with Gasteiger partial charge in [-0.15, -0.1) is 0 Å². The first-order chi connectivity index (χ1) is 10.1. The van der Waals surface area contributed by atoms with E-state index in [2.05, 4.69) is 15.1 Å². The minimum atomic E-state index is -0.430. The maximum Gasteiger partial charge on any atom is 0.262 e. The van der Waals surface area contributed by atoms with Crippen molar-refractivity contribution >= 4 is 11.6 Å². The molecule has 0 radical (unpaired) electrons. The first-order valence-corrected chi connectivity index (χ1v) is 6.51. The van der Waals surface area contributed by atoms with Crippen molar-refractivity contribution in [2.45, 2.75) is 0 Å². The fourth-order valence-corrected chi connectivity index (χ4v) is 2.19. The Morgan fingerprint density at radius 3 is 2.52 bits per heavy atom. The number of halogens is 1. The molecule has 0 amide bonds. The van der Waals surface area contributed by atoms with Crippen LogP contribution in [0.15, 0.2) is 41.3 Å². The molecule has 0 atom stereocenters. The second-order valence-electron chi connectivity index (χ2n) is 4.46. The molecule has 2 heterocycles. The predicted octanol–water partition coefficient (Wildman–Crippen LogP) is 2.20. The lowest BCUT2D eigenvalue weighted by Gasteiger charge is -2.06. The summed E-state index contributed by atoms with van der Waals surface area (Å²) < 4.78 is 1.56. The number of nitrogens with one attached hydrogen (secondary N) is 1. The summed E-state index contributed by atoms with van der Waals surface area (Å²) >= 11 is 5.82. The second-order valence-corrected chi connectivity index (χ2v) is 4.90. The van der Waals surface area contributed by atoms with Gasteiger partial charge >= 0.3 is 0 Å².